The Kier molecular flexibility index (Phi) is 3.19. The maximum Gasteiger partial charge on any atom is 0.0419 e. The lowest BCUT2D eigenvalue weighted by Crippen LogP contribution is -2.24. The van der Waals surface area contributed by atoms with Crippen LogP contribution in [0.2, 0.25) is 0 Å². The summed E-state index contributed by atoms with van der Waals surface area (Å²) in [6.07, 6.45) is 2.35. The number of hydrogen-bond donors (Lipinski definition) is 2. The van der Waals surface area contributed by atoms with Gasteiger partial charge >= 0.3 is 0 Å². The van der Waals surface area contributed by atoms with Crippen molar-refractivity contribution in [1.82, 2.24) is 5.32 Å². The lowest BCUT2D eigenvalue weighted by Gasteiger charge is -2.20. The molecule has 0 saturated heterocycles. The summed E-state index contributed by atoms with van der Waals surface area (Å²) in [6.45, 7) is 4.37. The molecule has 0 aromatic heterocycles. The Morgan fingerprint density at radius 2 is 1.95 bits per heavy atom. The van der Waals surface area contributed by atoms with E-state index in [1.54, 1.807) is 0 Å². The highest BCUT2D eigenvalue weighted by Gasteiger charge is 2.28. The van der Waals surface area contributed by atoms with E-state index >= 15 is 0 Å². The molecule has 1 aliphatic carbocycles. The van der Waals surface area contributed by atoms with Crippen LogP contribution in [0.15, 0.2) is 42.5 Å². The summed E-state index contributed by atoms with van der Waals surface area (Å²) in [5, 5.41) is 7.33. The fourth-order valence-corrected chi connectivity index (χ4v) is 3.88. The van der Waals surface area contributed by atoms with E-state index in [9.17, 15) is 0 Å². The van der Waals surface area contributed by atoms with Crippen LogP contribution < -0.4 is 10.6 Å². The third kappa shape index (κ3) is 2.24. The van der Waals surface area contributed by atoms with Crippen LogP contribution in [-0.2, 0) is 19.4 Å². The summed E-state index contributed by atoms with van der Waals surface area (Å²) >= 11 is 0. The van der Waals surface area contributed by atoms with Crippen LogP contribution in [0.5, 0.6) is 0 Å². The molecule has 108 valence electrons. The smallest absolute Gasteiger partial charge is 0.0419 e. The van der Waals surface area contributed by atoms with Crippen molar-refractivity contribution in [2.75, 3.05) is 11.9 Å². The summed E-state index contributed by atoms with van der Waals surface area (Å²) in [4.78, 5) is 0. The molecule has 2 heteroatoms. The highest BCUT2D eigenvalue weighted by atomic mass is 14.9. The zero-order valence-corrected chi connectivity index (χ0v) is 12.5. The van der Waals surface area contributed by atoms with Crippen LogP contribution in [0.4, 0.5) is 5.69 Å². The summed E-state index contributed by atoms with van der Waals surface area (Å²) < 4.78 is 0. The standard InChI is InChI=1S/C19H22N2/c1-13-11-15-5-2-3-8-17(15)18(13)21-12-16-7-4-6-14-9-10-20-19(14)16/h2-8,13,18,20-21H,9-12H2,1H3/t13-,18+/m1/s1. The molecule has 2 N–H and O–H groups in total. The Morgan fingerprint density at radius 3 is 2.90 bits per heavy atom. The Balaban J connectivity index is 1.54. The molecule has 2 aromatic carbocycles. The zero-order valence-electron chi connectivity index (χ0n) is 12.5. The van der Waals surface area contributed by atoms with E-state index < -0.39 is 0 Å². The van der Waals surface area contributed by atoms with Gasteiger partial charge in [0.05, 0.1) is 0 Å². The minimum Gasteiger partial charge on any atom is -0.384 e. The first-order chi connectivity index (χ1) is 10.3. The number of nitrogens with one attached hydrogen (secondary N) is 2. The maximum atomic E-state index is 3.79. The second-order valence-electron chi connectivity index (χ2n) is 6.37. The number of fused-ring (bicyclic) bond motifs is 2. The Bertz CT molecular complexity index is 662. The first-order valence-electron chi connectivity index (χ1n) is 7.99. The fraction of sp³-hybridized carbons (Fsp3) is 0.368. The van der Waals surface area contributed by atoms with Gasteiger partial charge in [-0.2, -0.15) is 0 Å². The first-order valence-corrected chi connectivity index (χ1v) is 7.99. The molecule has 1 aliphatic heterocycles. The van der Waals surface area contributed by atoms with Crippen molar-refractivity contribution >= 4 is 5.69 Å². The zero-order chi connectivity index (χ0) is 14.2. The van der Waals surface area contributed by atoms with E-state index in [2.05, 4.69) is 60.0 Å². The number of benzene rings is 2. The van der Waals surface area contributed by atoms with Crippen molar-refractivity contribution in [3.8, 4) is 0 Å². The molecule has 2 atom stereocenters. The number of hydrogen-bond acceptors (Lipinski definition) is 2. The molecule has 0 unspecified atom stereocenters. The van der Waals surface area contributed by atoms with Gasteiger partial charge in [-0.05, 0) is 41.0 Å². The average Bonchev–Trinajstić information content (AvgIpc) is 3.09. The number of anilines is 1. The van der Waals surface area contributed by atoms with Crippen molar-refractivity contribution < 1.29 is 0 Å². The molecule has 0 saturated carbocycles. The van der Waals surface area contributed by atoms with E-state index in [1.165, 1.54) is 34.4 Å². The van der Waals surface area contributed by atoms with Crippen LogP contribution >= 0.6 is 0 Å². The molecule has 4 rings (SSSR count). The summed E-state index contributed by atoms with van der Waals surface area (Å²) in [7, 11) is 0. The molecular weight excluding hydrogens is 256 g/mol. The van der Waals surface area contributed by atoms with Crippen LogP contribution in [0, 0.1) is 5.92 Å². The first kappa shape index (κ1) is 12.9. The van der Waals surface area contributed by atoms with Crippen molar-refractivity contribution in [3.05, 3.63) is 64.7 Å². The van der Waals surface area contributed by atoms with E-state index in [1.807, 2.05) is 0 Å². The molecule has 0 amide bonds. The maximum absolute atomic E-state index is 3.79. The molecule has 1 heterocycles. The molecular formula is C19H22N2. The van der Waals surface area contributed by atoms with Crippen molar-refractivity contribution in [1.29, 1.82) is 0 Å². The largest absolute Gasteiger partial charge is 0.384 e. The van der Waals surface area contributed by atoms with E-state index in [0.717, 1.165) is 19.5 Å². The van der Waals surface area contributed by atoms with Crippen molar-refractivity contribution in [3.63, 3.8) is 0 Å². The van der Waals surface area contributed by atoms with Crippen molar-refractivity contribution in [2.45, 2.75) is 32.4 Å². The molecule has 0 radical (unpaired) electrons. The highest BCUT2D eigenvalue weighted by Crippen LogP contribution is 2.36. The molecule has 0 fully saturated rings. The molecule has 2 aliphatic rings. The van der Waals surface area contributed by atoms with Gasteiger partial charge in [0.25, 0.3) is 0 Å². The number of para-hydroxylation sites is 1. The van der Waals surface area contributed by atoms with Gasteiger partial charge in [-0.3, -0.25) is 0 Å². The molecule has 2 nitrogen and oxygen atoms in total. The molecule has 21 heavy (non-hydrogen) atoms. The third-order valence-corrected chi connectivity index (χ3v) is 4.95. The predicted octanol–water partition coefficient (Wildman–Crippen LogP) is 3.68. The van der Waals surface area contributed by atoms with E-state index in [0.29, 0.717) is 12.0 Å². The Hall–Kier alpha value is -1.80. The van der Waals surface area contributed by atoms with Gasteiger partial charge in [-0.15, -0.1) is 0 Å². The minimum atomic E-state index is 0.485. The molecule has 0 spiro atoms. The third-order valence-electron chi connectivity index (χ3n) is 4.95. The molecule has 0 bridgehead atoms. The second kappa shape index (κ2) is 5.19. The summed E-state index contributed by atoms with van der Waals surface area (Å²) in [5.74, 6) is 0.673. The van der Waals surface area contributed by atoms with Crippen LogP contribution in [0.3, 0.4) is 0 Å². The summed E-state index contributed by atoms with van der Waals surface area (Å²) in [5.41, 5.74) is 7.24. The van der Waals surface area contributed by atoms with Crippen LogP contribution in [0.1, 0.15) is 35.2 Å². The predicted molar refractivity (Wildman–Crippen MR) is 87.5 cm³/mol. The Morgan fingerprint density at radius 1 is 1.10 bits per heavy atom. The SMILES string of the molecule is C[C@@H]1Cc2ccccc2[C@H]1NCc1cccc2c1NCC2. The Labute approximate surface area is 126 Å². The van der Waals surface area contributed by atoms with E-state index in [-0.39, 0.29) is 0 Å². The van der Waals surface area contributed by atoms with Gasteiger partial charge in [-0.25, -0.2) is 0 Å². The quantitative estimate of drug-likeness (QED) is 0.895. The lowest BCUT2D eigenvalue weighted by molar-refractivity contribution is 0.415. The summed E-state index contributed by atoms with van der Waals surface area (Å²) in [6, 6.07) is 16.0. The lowest BCUT2D eigenvalue weighted by atomic mass is 10.0. The van der Waals surface area contributed by atoms with E-state index in [4.69, 9.17) is 0 Å². The second-order valence-corrected chi connectivity index (χ2v) is 6.37. The highest BCUT2D eigenvalue weighted by molar-refractivity contribution is 5.61. The van der Waals surface area contributed by atoms with Gasteiger partial charge < -0.3 is 10.6 Å². The number of rotatable bonds is 3. The normalized spacial score (nSPS) is 22.7. The van der Waals surface area contributed by atoms with Crippen LogP contribution in [0.25, 0.3) is 0 Å². The van der Waals surface area contributed by atoms with Gasteiger partial charge in [0.2, 0.25) is 0 Å². The fourth-order valence-electron chi connectivity index (χ4n) is 3.88. The average molecular weight is 278 g/mol. The van der Waals surface area contributed by atoms with Gasteiger partial charge in [0.1, 0.15) is 0 Å². The van der Waals surface area contributed by atoms with Gasteiger partial charge in [0.15, 0.2) is 0 Å². The van der Waals surface area contributed by atoms with Crippen molar-refractivity contribution in [2.24, 2.45) is 5.92 Å². The molecule has 2 aromatic rings. The van der Waals surface area contributed by atoms with Gasteiger partial charge in [-0.1, -0.05) is 49.4 Å². The van der Waals surface area contributed by atoms with Gasteiger partial charge in [0, 0.05) is 24.8 Å². The monoisotopic (exact) mass is 278 g/mol. The topological polar surface area (TPSA) is 24.1 Å². The minimum absolute atomic E-state index is 0.485. The van der Waals surface area contributed by atoms with Crippen LogP contribution in [-0.4, -0.2) is 6.54 Å².